The van der Waals surface area contributed by atoms with Crippen LogP contribution in [0.4, 0.5) is 0 Å². The maximum Gasteiger partial charge on any atom is 0.344 e. The van der Waals surface area contributed by atoms with Crippen LogP contribution in [0.1, 0.15) is 87.9 Å². The zero-order chi connectivity index (χ0) is 23.4. The van der Waals surface area contributed by atoms with Crippen LogP contribution in [-0.2, 0) is 9.47 Å². The standard InChI is InChI=1S/C28H38O4/c1-17(2)21-13-11-19(5)15-25(21)31-27(29)23-9-7-8-10-24(23)28(30)32-26-16-20(6)12-14-22(26)18(3)4/h7-10,15-22H,11-14H2,1-6H3/t19-,20-,21+,22+/m1/s1. The molecule has 0 saturated heterocycles. The summed E-state index contributed by atoms with van der Waals surface area (Å²) in [7, 11) is 0. The molecule has 1 aromatic carbocycles. The molecular formula is C28H38O4. The van der Waals surface area contributed by atoms with Crippen molar-refractivity contribution in [3.05, 3.63) is 59.1 Å². The van der Waals surface area contributed by atoms with Crippen LogP contribution in [0.25, 0.3) is 0 Å². The summed E-state index contributed by atoms with van der Waals surface area (Å²) < 4.78 is 11.8. The highest BCUT2D eigenvalue weighted by molar-refractivity contribution is 6.03. The number of hydrogen-bond acceptors (Lipinski definition) is 4. The van der Waals surface area contributed by atoms with Crippen molar-refractivity contribution in [1.82, 2.24) is 0 Å². The summed E-state index contributed by atoms with van der Waals surface area (Å²) in [5, 5.41) is 0. The Balaban J connectivity index is 1.82. The van der Waals surface area contributed by atoms with Crippen LogP contribution in [0.15, 0.2) is 47.9 Å². The number of allylic oxidation sites excluding steroid dienone is 4. The summed E-state index contributed by atoms with van der Waals surface area (Å²) in [6, 6.07) is 6.80. The second-order valence-corrected chi connectivity index (χ2v) is 10.3. The quantitative estimate of drug-likeness (QED) is 0.442. The largest absolute Gasteiger partial charge is 0.427 e. The van der Waals surface area contributed by atoms with E-state index >= 15 is 0 Å². The van der Waals surface area contributed by atoms with Crippen LogP contribution in [0.2, 0.25) is 0 Å². The van der Waals surface area contributed by atoms with E-state index in [1.165, 1.54) is 0 Å². The Hall–Kier alpha value is -2.36. The lowest BCUT2D eigenvalue weighted by Crippen LogP contribution is -2.24. The van der Waals surface area contributed by atoms with Gasteiger partial charge in [0.15, 0.2) is 0 Å². The van der Waals surface area contributed by atoms with Crippen LogP contribution in [0, 0.1) is 35.5 Å². The molecule has 0 aromatic heterocycles. The lowest BCUT2D eigenvalue weighted by Gasteiger charge is -2.30. The first-order chi connectivity index (χ1) is 15.2. The molecule has 0 fully saturated rings. The fourth-order valence-corrected chi connectivity index (χ4v) is 4.85. The molecule has 0 radical (unpaired) electrons. The molecule has 2 aliphatic carbocycles. The fraction of sp³-hybridized carbons (Fsp3) is 0.571. The van der Waals surface area contributed by atoms with Gasteiger partial charge in [0.1, 0.15) is 11.5 Å². The van der Waals surface area contributed by atoms with E-state index in [2.05, 4.69) is 53.7 Å². The predicted molar refractivity (Wildman–Crippen MR) is 127 cm³/mol. The van der Waals surface area contributed by atoms with Crippen LogP contribution < -0.4 is 0 Å². The minimum absolute atomic E-state index is 0.218. The molecule has 0 spiro atoms. The van der Waals surface area contributed by atoms with E-state index in [-0.39, 0.29) is 23.0 Å². The fourth-order valence-electron chi connectivity index (χ4n) is 4.85. The first-order valence-electron chi connectivity index (χ1n) is 12.1. The highest BCUT2D eigenvalue weighted by atomic mass is 16.5. The molecule has 0 N–H and O–H groups in total. The molecule has 1 aromatic rings. The van der Waals surface area contributed by atoms with Gasteiger partial charge < -0.3 is 9.47 Å². The van der Waals surface area contributed by atoms with E-state index in [0.717, 1.165) is 37.2 Å². The summed E-state index contributed by atoms with van der Waals surface area (Å²) in [6.07, 6.45) is 8.33. The number of benzene rings is 1. The van der Waals surface area contributed by atoms with E-state index in [9.17, 15) is 9.59 Å². The SMILES string of the molecule is CC(C)[C@@H]1CC[C@@H](C)C=C1OC(=O)c1ccccc1C(=O)OC1=C[C@H](C)CC[C@H]1C(C)C. The molecule has 4 heteroatoms. The Morgan fingerprint density at radius 1 is 0.719 bits per heavy atom. The summed E-state index contributed by atoms with van der Waals surface area (Å²) in [4.78, 5) is 26.3. The zero-order valence-corrected chi connectivity index (χ0v) is 20.4. The van der Waals surface area contributed by atoms with Gasteiger partial charge in [-0.2, -0.15) is 0 Å². The van der Waals surface area contributed by atoms with Crippen LogP contribution in [-0.4, -0.2) is 11.9 Å². The van der Waals surface area contributed by atoms with E-state index in [1.807, 2.05) is 0 Å². The van der Waals surface area contributed by atoms with E-state index in [4.69, 9.17) is 9.47 Å². The highest BCUT2D eigenvalue weighted by Gasteiger charge is 2.31. The van der Waals surface area contributed by atoms with Crippen molar-refractivity contribution in [3.63, 3.8) is 0 Å². The first-order valence-corrected chi connectivity index (χ1v) is 12.1. The Labute approximate surface area is 193 Å². The number of hydrogen-bond donors (Lipinski definition) is 0. The highest BCUT2D eigenvalue weighted by Crippen LogP contribution is 2.36. The molecule has 3 rings (SSSR count). The van der Waals surface area contributed by atoms with Crippen molar-refractivity contribution in [2.45, 2.75) is 67.2 Å². The van der Waals surface area contributed by atoms with Crippen LogP contribution in [0.3, 0.4) is 0 Å². The Kier molecular flexibility index (Phi) is 7.97. The number of rotatable bonds is 6. The molecule has 0 amide bonds. The molecule has 174 valence electrons. The molecule has 0 heterocycles. The van der Waals surface area contributed by atoms with Gasteiger partial charge >= 0.3 is 11.9 Å². The zero-order valence-electron chi connectivity index (χ0n) is 20.4. The van der Waals surface area contributed by atoms with Gasteiger partial charge in [-0.3, -0.25) is 0 Å². The molecular weight excluding hydrogens is 400 g/mol. The van der Waals surface area contributed by atoms with Gasteiger partial charge in [0.05, 0.1) is 11.1 Å². The molecule has 0 unspecified atom stereocenters. The summed E-state index contributed by atoms with van der Waals surface area (Å²) in [5.41, 5.74) is 0.509. The van der Waals surface area contributed by atoms with E-state index < -0.39 is 11.9 Å². The maximum absolute atomic E-state index is 13.1. The van der Waals surface area contributed by atoms with Crippen molar-refractivity contribution < 1.29 is 19.1 Å². The van der Waals surface area contributed by atoms with Gasteiger partial charge in [0.25, 0.3) is 0 Å². The molecule has 32 heavy (non-hydrogen) atoms. The third kappa shape index (κ3) is 5.70. The Morgan fingerprint density at radius 3 is 1.44 bits per heavy atom. The Morgan fingerprint density at radius 2 is 1.09 bits per heavy atom. The van der Waals surface area contributed by atoms with Crippen molar-refractivity contribution in [1.29, 1.82) is 0 Å². The van der Waals surface area contributed by atoms with Gasteiger partial charge in [-0.15, -0.1) is 0 Å². The Bertz CT molecular complexity index is 819. The van der Waals surface area contributed by atoms with E-state index in [1.54, 1.807) is 24.3 Å². The van der Waals surface area contributed by atoms with Crippen molar-refractivity contribution in [2.24, 2.45) is 35.5 Å². The average molecular weight is 439 g/mol. The lowest BCUT2D eigenvalue weighted by molar-refractivity contribution is 0.0505. The van der Waals surface area contributed by atoms with Gasteiger partial charge in [-0.25, -0.2) is 9.59 Å². The third-order valence-electron chi connectivity index (χ3n) is 6.89. The average Bonchev–Trinajstić information content (AvgIpc) is 2.73. The summed E-state index contributed by atoms with van der Waals surface area (Å²) in [6.45, 7) is 12.9. The first kappa shape index (κ1) is 24.3. The minimum atomic E-state index is -0.491. The minimum Gasteiger partial charge on any atom is -0.427 e. The van der Waals surface area contributed by atoms with Gasteiger partial charge in [0, 0.05) is 11.8 Å². The second kappa shape index (κ2) is 10.5. The van der Waals surface area contributed by atoms with Gasteiger partial charge in [0.2, 0.25) is 0 Å². The number of esters is 2. The van der Waals surface area contributed by atoms with Gasteiger partial charge in [-0.05, 0) is 73.6 Å². The predicted octanol–water partition coefficient (Wildman–Crippen LogP) is 7.17. The van der Waals surface area contributed by atoms with Crippen LogP contribution in [0.5, 0.6) is 0 Å². The summed E-state index contributed by atoms with van der Waals surface area (Å²) in [5.74, 6) is 2.44. The molecule has 0 saturated carbocycles. The molecule has 4 nitrogen and oxygen atoms in total. The second-order valence-electron chi connectivity index (χ2n) is 10.3. The number of ether oxygens (including phenoxy) is 2. The number of carbonyl (C=O) groups is 2. The monoisotopic (exact) mass is 438 g/mol. The molecule has 0 bridgehead atoms. The summed E-state index contributed by atoms with van der Waals surface area (Å²) >= 11 is 0. The lowest BCUT2D eigenvalue weighted by atomic mass is 9.81. The number of carbonyl (C=O) groups excluding carboxylic acids is 2. The van der Waals surface area contributed by atoms with E-state index in [0.29, 0.717) is 23.7 Å². The molecule has 2 aliphatic rings. The van der Waals surface area contributed by atoms with Crippen molar-refractivity contribution >= 4 is 11.9 Å². The smallest absolute Gasteiger partial charge is 0.344 e. The molecule has 4 atom stereocenters. The maximum atomic E-state index is 13.1. The van der Waals surface area contributed by atoms with Crippen molar-refractivity contribution in [3.8, 4) is 0 Å². The van der Waals surface area contributed by atoms with Crippen LogP contribution >= 0.6 is 0 Å². The molecule has 0 aliphatic heterocycles. The van der Waals surface area contributed by atoms with Crippen molar-refractivity contribution in [2.75, 3.05) is 0 Å². The third-order valence-corrected chi connectivity index (χ3v) is 6.89. The van der Waals surface area contributed by atoms with Gasteiger partial charge in [-0.1, -0.05) is 53.7 Å². The normalized spacial score (nSPS) is 25.9. The topological polar surface area (TPSA) is 52.6 Å².